The molecule has 0 fully saturated rings. The van der Waals surface area contributed by atoms with Crippen LogP contribution in [0.1, 0.15) is 5.56 Å². The number of carbonyl (C=O) groups is 1. The maximum absolute atomic E-state index is 12.2. The number of hydrogen-bond donors (Lipinski definition) is 2. The summed E-state index contributed by atoms with van der Waals surface area (Å²) in [6, 6.07) is 17.2. The second kappa shape index (κ2) is 8.94. The lowest BCUT2D eigenvalue weighted by Crippen LogP contribution is -2.30. The highest BCUT2D eigenvalue weighted by molar-refractivity contribution is 5.88. The summed E-state index contributed by atoms with van der Waals surface area (Å²) in [5.74, 6) is 1.86. The quantitative estimate of drug-likeness (QED) is 0.658. The van der Waals surface area contributed by atoms with Gasteiger partial charge in [-0.05, 0) is 29.7 Å². The number of hydrogen-bond acceptors (Lipinski definition) is 4. The normalized spacial score (nSPS) is 10.4. The summed E-state index contributed by atoms with van der Waals surface area (Å²) in [6.45, 7) is 0.486. The molecule has 0 aliphatic heterocycles. The molecule has 0 radical (unpaired) electrons. The molecule has 7 nitrogen and oxygen atoms in total. The van der Waals surface area contributed by atoms with E-state index in [1.807, 2.05) is 61.6 Å². The third-order valence-electron chi connectivity index (χ3n) is 4.34. The summed E-state index contributed by atoms with van der Waals surface area (Å²) in [5, 5.41) is 9.97. The minimum atomic E-state index is -0.293. The Hall–Kier alpha value is -3.48. The van der Waals surface area contributed by atoms with Crippen LogP contribution in [0.2, 0.25) is 0 Å². The summed E-state index contributed by atoms with van der Waals surface area (Å²) in [6.07, 6.45) is 0.672. The number of methoxy groups -OCH3 is 2. The highest BCUT2D eigenvalue weighted by atomic mass is 16.5. The van der Waals surface area contributed by atoms with Crippen molar-refractivity contribution in [1.82, 2.24) is 15.1 Å². The van der Waals surface area contributed by atoms with E-state index in [4.69, 9.17) is 9.47 Å². The van der Waals surface area contributed by atoms with Gasteiger partial charge in [0.25, 0.3) is 0 Å². The summed E-state index contributed by atoms with van der Waals surface area (Å²) in [7, 11) is 5.05. The van der Waals surface area contributed by atoms with Gasteiger partial charge in [-0.1, -0.05) is 36.4 Å². The lowest BCUT2D eigenvalue weighted by atomic mass is 10.1. The van der Waals surface area contributed by atoms with E-state index in [9.17, 15) is 4.79 Å². The molecule has 0 bridgehead atoms. The molecule has 0 saturated heterocycles. The molecule has 3 aromatic rings. The maximum atomic E-state index is 12.2. The SMILES string of the molecule is COc1ccc(CCNC(=O)Nc2cc(-c3ccccc3)n(C)n2)cc1OC. The first-order chi connectivity index (χ1) is 13.6. The van der Waals surface area contributed by atoms with Crippen LogP contribution in [0.5, 0.6) is 11.5 Å². The number of aromatic nitrogens is 2. The number of anilines is 1. The fourth-order valence-corrected chi connectivity index (χ4v) is 2.92. The van der Waals surface area contributed by atoms with Crippen LogP contribution in [0, 0.1) is 0 Å². The highest BCUT2D eigenvalue weighted by Gasteiger charge is 2.10. The number of rotatable bonds is 7. The zero-order chi connectivity index (χ0) is 19.9. The molecule has 2 amide bonds. The predicted molar refractivity (Wildman–Crippen MR) is 109 cm³/mol. The average molecular weight is 380 g/mol. The molecule has 0 unspecified atom stereocenters. The van der Waals surface area contributed by atoms with Crippen molar-refractivity contribution >= 4 is 11.8 Å². The Bertz CT molecular complexity index is 938. The second-order valence-electron chi connectivity index (χ2n) is 6.22. The number of aryl methyl sites for hydroxylation is 1. The van der Waals surface area contributed by atoms with Crippen LogP contribution in [0.15, 0.2) is 54.6 Å². The smallest absolute Gasteiger partial charge is 0.320 e. The van der Waals surface area contributed by atoms with E-state index in [0.717, 1.165) is 16.8 Å². The number of carbonyl (C=O) groups excluding carboxylic acids is 1. The van der Waals surface area contributed by atoms with E-state index in [0.29, 0.717) is 30.3 Å². The molecule has 0 aliphatic carbocycles. The Morgan fingerprint density at radius 3 is 2.50 bits per heavy atom. The van der Waals surface area contributed by atoms with Crippen LogP contribution in [-0.4, -0.2) is 36.6 Å². The van der Waals surface area contributed by atoms with E-state index in [1.165, 1.54) is 0 Å². The second-order valence-corrected chi connectivity index (χ2v) is 6.22. The van der Waals surface area contributed by atoms with Crippen molar-refractivity contribution in [2.24, 2.45) is 7.05 Å². The molecule has 28 heavy (non-hydrogen) atoms. The van der Waals surface area contributed by atoms with Crippen LogP contribution >= 0.6 is 0 Å². The number of urea groups is 1. The fraction of sp³-hybridized carbons (Fsp3) is 0.238. The first-order valence-electron chi connectivity index (χ1n) is 8.96. The molecule has 1 aromatic heterocycles. The van der Waals surface area contributed by atoms with Crippen molar-refractivity contribution in [2.75, 3.05) is 26.1 Å². The molecule has 0 aliphatic rings. The van der Waals surface area contributed by atoms with Gasteiger partial charge in [-0.15, -0.1) is 0 Å². The zero-order valence-electron chi connectivity index (χ0n) is 16.2. The van der Waals surface area contributed by atoms with Gasteiger partial charge in [0.1, 0.15) is 0 Å². The third-order valence-corrected chi connectivity index (χ3v) is 4.34. The van der Waals surface area contributed by atoms with Crippen molar-refractivity contribution in [3.8, 4) is 22.8 Å². The van der Waals surface area contributed by atoms with Crippen LogP contribution in [-0.2, 0) is 13.5 Å². The van der Waals surface area contributed by atoms with Crippen LogP contribution in [0.25, 0.3) is 11.3 Å². The number of nitrogens with one attached hydrogen (secondary N) is 2. The fourth-order valence-electron chi connectivity index (χ4n) is 2.92. The van der Waals surface area contributed by atoms with E-state index in [-0.39, 0.29) is 6.03 Å². The van der Waals surface area contributed by atoms with E-state index >= 15 is 0 Å². The van der Waals surface area contributed by atoms with Gasteiger partial charge >= 0.3 is 6.03 Å². The molecule has 0 atom stereocenters. The molecule has 0 saturated carbocycles. The van der Waals surface area contributed by atoms with Gasteiger partial charge in [-0.25, -0.2) is 4.79 Å². The highest BCUT2D eigenvalue weighted by Crippen LogP contribution is 2.27. The van der Waals surface area contributed by atoms with Gasteiger partial charge in [0, 0.05) is 19.7 Å². The molecule has 0 spiro atoms. The topological polar surface area (TPSA) is 77.4 Å². The van der Waals surface area contributed by atoms with Gasteiger partial charge in [0.15, 0.2) is 17.3 Å². The maximum Gasteiger partial charge on any atom is 0.320 e. The Morgan fingerprint density at radius 1 is 1.04 bits per heavy atom. The summed E-state index contributed by atoms with van der Waals surface area (Å²) in [5.41, 5.74) is 3.02. The Labute approximate surface area is 164 Å². The van der Waals surface area contributed by atoms with E-state index < -0.39 is 0 Å². The predicted octanol–water partition coefficient (Wildman–Crippen LogP) is 3.47. The molecule has 1 heterocycles. The van der Waals surface area contributed by atoms with Crippen molar-refractivity contribution in [1.29, 1.82) is 0 Å². The molecule has 7 heteroatoms. The standard InChI is InChI=1S/C21H24N4O3/c1-25-17(16-7-5-4-6-8-16)14-20(24-25)23-21(26)22-12-11-15-9-10-18(27-2)19(13-15)28-3/h4-10,13-14H,11-12H2,1-3H3,(H2,22,23,24,26). The van der Waals surface area contributed by atoms with Crippen LogP contribution < -0.4 is 20.1 Å². The number of amides is 2. The zero-order valence-corrected chi connectivity index (χ0v) is 16.2. The lowest BCUT2D eigenvalue weighted by molar-refractivity contribution is 0.252. The Morgan fingerprint density at radius 2 is 1.79 bits per heavy atom. The Balaban J connectivity index is 1.54. The van der Waals surface area contributed by atoms with Gasteiger partial charge in [-0.2, -0.15) is 5.10 Å². The van der Waals surface area contributed by atoms with Crippen molar-refractivity contribution in [3.05, 3.63) is 60.2 Å². The first kappa shape index (κ1) is 19.3. The first-order valence-corrected chi connectivity index (χ1v) is 8.96. The monoisotopic (exact) mass is 380 g/mol. The number of benzene rings is 2. The molecule has 2 aromatic carbocycles. The summed E-state index contributed by atoms with van der Waals surface area (Å²) < 4.78 is 12.3. The molecule has 3 rings (SSSR count). The number of ether oxygens (including phenoxy) is 2. The van der Waals surface area contributed by atoms with E-state index in [1.54, 1.807) is 18.9 Å². The number of nitrogens with zero attached hydrogens (tertiary/aromatic N) is 2. The Kier molecular flexibility index (Phi) is 6.16. The van der Waals surface area contributed by atoms with Gasteiger partial charge in [-0.3, -0.25) is 10.00 Å². The minimum absolute atomic E-state index is 0.293. The summed E-state index contributed by atoms with van der Waals surface area (Å²) >= 11 is 0. The van der Waals surface area contributed by atoms with Crippen molar-refractivity contribution < 1.29 is 14.3 Å². The minimum Gasteiger partial charge on any atom is -0.493 e. The summed E-state index contributed by atoms with van der Waals surface area (Å²) in [4.78, 5) is 12.2. The van der Waals surface area contributed by atoms with Gasteiger partial charge in [0.05, 0.1) is 19.9 Å². The van der Waals surface area contributed by atoms with Gasteiger partial charge < -0.3 is 14.8 Å². The molecule has 146 valence electrons. The average Bonchev–Trinajstić information content (AvgIpc) is 3.08. The van der Waals surface area contributed by atoms with E-state index in [2.05, 4.69) is 15.7 Å². The van der Waals surface area contributed by atoms with Gasteiger partial charge in [0.2, 0.25) is 0 Å². The lowest BCUT2D eigenvalue weighted by Gasteiger charge is -2.10. The van der Waals surface area contributed by atoms with Crippen LogP contribution in [0.3, 0.4) is 0 Å². The van der Waals surface area contributed by atoms with Crippen molar-refractivity contribution in [3.63, 3.8) is 0 Å². The molecule has 2 N–H and O–H groups in total. The molecular formula is C21H24N4O3. The largest absolute Gasteiger partial charge is 0.493 e. The van der Waals surface area contributed by atoms with Crippen molar-refractivity contribution in [2.45, 2.75) is 6.42 Å². The third kappa shape index (κ3) is 4.62. The molecular weight excluding hydrogens is 356 g/mol. The van der Waals surface area contributed by atoms with Crippen LogP contribution in [0.4, 0.5) is 10.6 Å².